The fraction of sp³-hybridized carbons (Fsp3) is 0.500. The lowest BCUT2D eigenvalue weighted by molar-refractivity contribution is -0.117. The molecule has 0 unspecified atom stereocenters. The lowest BCUT2D eigenvalue weighted by atomic mass is 10.3. The zero-order valence-corrected chi connectivity index (χ0v) is 11.2. The molecular weight excluding hydrogens is 252 g/mol. The maximum Gasteiger partial charge on any atom is 0.242 e. The summed E-state index contributed by atoms with van der Waals surface area (Å²) in [5, 5.41) is 2.67. The number of carbonyl (C=O) groups excluding carboxylic acids is 1. The first-order valence-corrected chi connectivity index (χ1v) is 5.94. The molecule has 0 aliphatic carbocycles. The molecule has 6 heteroatoms. The molecule has 5 nitrogen and oxygen atoms in total. The predicted molar refractivity (Wildman–Crippen MR) is 75.2 cm³/mol. The summed E-state index contributed by atoms with van der Waals surface area (Å²) in [5.74, 6) is 0.335. The molecule has 0 saturated carbocycles. The van der Waals surface area contributed by atoms with Crippen molar-refractivity contribution in [2.24, 2.45) is 5.73 Å². The maximum absolute atomic E-state index is 11.4. The molecule has 0 radical (unpaired) electrons. The van der Waals surface area contributed by atoms with E-state index in [1.54, 1.807) is 13.1 Å². The highest BCUT2D eigenvalue weighted by atomic mass is 35.5. The van der Waals surface area contributed by atoms with Crippen LogP contribution in [0.4, 0.5) is 11.5 Å². The molecule has 0 bridgehead atoms. The van der Waals surface area contributed by atoms with Gasteiger partial charge in [-0.15, -0.1) is 12.4 Å². The molecule has 18 heavy (non-hydrogen) atoms. The lowest BCUT2D eigenvalue weighted by Crippen LogP contribution is -2.32. The van der Waals surface area contributed by atoms with E-state index in [2.05, 4.69) is 15.2 Å². The minimum atomic E-state index is -0.518. The van der Waals surface area contributed by atoms with Gasteiger partial charge in [0.25, 0.3) is 0 Å². The summed E-state index contributed by atoms with van der Waals surface area (Å²) in [4.78, 5) is 17.9. The molecule has 0 spiro atoms. The average molecular weight is 271 g/mol. The van der Waals surface area contributed by atoms with Crippen LogP contribution in [0.3, 0.4) is 0 Å². The van der Waals surface area contributed by atoms with Crippen LogP contribution in [0.2, 0.25) is 0 Å². The van der Waals surface area contributed by atoms with Gasteiger partial charge in [-0.05, 0) is 31.9 Å². The van der Waals surface area contributed by atoms with Crippen molar-refractivity contribution in [2.45, 2.75) is 25.8 Å². The molecule has 1 aromatic rings. The zero-order chi connectivity index (χ0) is 12.3. The average Bonchev–Trinajstić information content (AvgIpc) is 2.83. The van der Waals surface area contributed by atoms with E-state index in [9.17, 15) is 4.79 Å². The SMILES string of the molecule is C[C@@H](N)C(=O)Nc1ccc(N2CCCC2)cn1.Cl. The second-order valence-corrected chi connectivity index (χ2v) is 4.37. The van der Waals surface area contributed by atoms with Crippen LogP contribution in [0, 0.1) is 0 Å². The number of nitrogens with zero attached hydrogens (tertiary/aromatic N) is 2. The van der Waals surface area contributed by atoms with Crippen LogP contribution >= 0.6 is 12.4 Å². The Labute approximate surface area is 113 Å². The highest BCUT2D eigenvalue weighted by Crippen LogP contribution is 2.20. The number of rotatable bonds is 3. The Morgan fingerprint density at radius 2 is 2.11 bits per heavy atom. The molecule has 3 N–H and O–H groups in total. The summed E-state index contributed by atoms with van der Waals surface area (Å²) in [7, 11) is 0. The van der Waals surface area contributed by atoms with Crippen molar-refractivity contribution in [1.82, 2.24) is 4.98 Å². The minimum Gasteiger partial charge on any atom is -0.370 e. The molecule has 1 fully saturated rings. The van der Waals surface area contributed by atoms with Gasteiger partial charge in [0.1, 0.15) is 5.82 Å². The number of hydrogen-bond donors (Lipinski definition) is 2. The molecule has 1 saturated heterocycles. The molecule has 100 valence electrons. The van der Waals surface area contributed by atoms with Gasteiger partial charge in [-0.1, -0.05) is 0 Å². The zero-order valence-electron chi connectivity index (χ0n) is 10.4. The first kappa shape index (κ1) is 14.7. The second kappa shape index (κ2) is 6.56. The van der Waals surface area contributed by atoms with Crippen molar-refractivity contribution >= 4 is 29.8 Å². The van der Waals surface area contributed by atoms with E-state index in [0.29, 0.717) is 5.82 Å². The van der Waals surface area contributed by atoms with Gasteiger partial charge in [-0.2, -0.15) is 0 Å². The van der Waals surface area contributed by atoms with Crippen LogP contribution in [0.25, 0.3) is 0 Å². The Balaban J connectivity index is 0.00000162. The predicted octanol–water partition coefficient (Wildman–Crippen LogP) is 1.39. The van der Waals surface area contributed by atoms with E-state index < -0.39 is 6.04 Å². The Hall–Kier alpha value is -1.33. The molecule has 2 rings (SSSR count). The largest absolute Gasteiger partial charge is 0.370 e. The van der Waals surface area contributed by atoms with E-state index in [-0.39, 0.29) is 18.3 Å². The Kier molecular flexibility index (Phi) is 5.37. The fourth-order valence-corrected chi connectivity index (χ4v) is 1.86. The Morgan fingerprint density at radius 3 is 2.61 bits per heavy atom. The van der Waals surface area contributed by atoms with Gasteiger partial charge in [0, 0.05) is 13.1 Å². The van der Waals surface area contributed by atoms with Crippen molar-refractivity contribution in [3.63, 3.8) is 0 Å². The van der Waals surface area contributed by atoms with E-state index in [1.165, 1.54) is 12.8 Å². The number of halogens is 1. The van der Waals surface area contributed by atoms with Gasteiger partial charge < -0.3 is 16.0 Å². The van der Waals surface area contributed by atoms with Crippen molar-refractivity contribution in [3.05, 3.63) is 18.3 Å². The number of nitrogens with two attached hydrogens (primary N) is 1. The van der Waals surface area contributed by atoms with Gasteiger partial charge in [0.2, 0.25) is 5.91 Å². The number of carbonyl (C=O) groups is 1. The van der Waals surface area contributed by atoms with E-state index in [1.807, 2.05) is 12.1 Å². The third-order valence-corrected chi connectivity index (χ3v) is 2.88. The summed E-state index contributed by atoms with van der Waals surface area (Å²) in [5.41, 5.74) is 6.58. The molecule has 1 atom stereocenters. The highest BCUT2D eigenvalue weighted by Gasteiger charge is 2.13. The van der Waals surface area contributed by atoms with E-state index in [0.717, 1.165) is 18.8 Å². The van der Waals surface area contributed by atoms with Crippen LogP contribution in [0.5, 0.6) is 0 Å². The molecule has 1 aliphatic heterocycles. The van der Waals surface area contributed by atoms with Crippen LogP contribution in [0.15, 0.2) is 18.3 Å². The third-order valence-electron chi connectivity index (χ3n) is 2.88. The van der Waals surface area contributed by atoms with Gasteiger partial charge >= 0.3 is 0 Å². The minimum absolute atomic E-state index is 0. The summed E-state index contributed by atoms with van der Waals surface area (Å²) < 4.78 is 0. The van der Waals surface area contributed by atoms with Crippen LogP contribution < -0.4 is 16.0 Å². The van der Waals surface area contributed by atoms with Crippen molar-refractivity contribution in [2.75, 3.05) is 23.3 Å². The second-order valence-electron chi connectivity index (χ2n) is 4.37. The van der Waals surface area contributed by atoms with Crippen molar-refractivity contribution in [1.29, 1.82) is 0 Å². The monoisotopic (exact) mass is 270 g/mol. The smallest absolute Gasteiger partial charge is 0.242 e. The summed E-state index contributed by atoms with van der Waals surface area (Å²) in [6.07, 6.45) is 4.27. The van der Waals surface area contributed by atoms with Gasteiger partial charge in [0.05, 0.1) is 17.9 Å². The first-order valence-electron chi connectivity index (χ1n) is 5.94. The van der Waals surface area contributed by atoms with Crippen molar-refractivity contribution < 1.29 is 4.79 Å². The van der Waals surface area contributed by atoms with Gasteiger partial charge in [0.15, 0.2) is 0 Å². The summed E-state index contributed by atoms with van der Waals surface area (Å²) >= 11 is 0. The number of hydrogen-bond acceptors (Lipinski definition) is 4. The lowest BCUT2D eigenvalue weighted by Gasteiger charge is -2.17. The van der Waals surface area contributed by atoms with Gasteiger partial charge in [-0.25, -0.2) is 4.98 Å². The summed E-state index contributed by atoms with van der Waals surface area (Å²) in [6, 6.07) is 3.28. The Morgan fingerprint density at radius 1 is 1.44 bits per heavy atom. The fourth-order valence-electron chi connectivity index (χ4n) is 1.86. The molecule has 1 aliphatic rings. The van der Waals surface area contributed by atoms with Crippen molar-refractivity contribution in [3.8, 4) is 0 Å². The third kappa shape index (κ3) is 3.58. The molecular formula is C12H19ClN4O. The highest BCUT2D eigenvalue weighted by molar-refractivity contribution is 5.93. The quantitative estimate of drug-likeness (QED) is 0.871. The summed E-state index contributed by atoms with van der Waals surface area (Å²) in [6.45, 7) is 3.83. The number of aromatic nitrogens is 1. The number of pyridine rings is 1. The van der Waals surface area contributed by atoms with E-state index >= 15 is 0 Å². The Bertz CT molecular complexity index is 388. The topological polar surface area (TPSA) is 71.2 Å². The molecule has 1 amide bonds. The van der Waals surface area contributed by atoms with Crippen LogP contribution in [-0.2, 0) is 4.79 Å². The normalized spacial score (nSPS) is 16.0. The number of nitrogens with one attached hydrogen (secondary N) is 1. The van der Waals surface area contributed by atoms with E-state index in [4.69, 9.17) is 5.73 Å². The maximum atomic E-state index is 11.4. The van der Waals surface area contributed by atoms with Gasteiger partial charge in [-0.3, -0.25) is 4.79 Å². The molecule has 1 aromatic heterocycles. The molecule has 0 aromatic carbocycles. The van der Waals surface area contributed by atoms with Crippen LogP contribution in [0.1, 0.15) is 19.8 Å². The number of amides is 1. The standard InChI is InChI=1S/C12H18N4O.ClH/c1-9(13)12(17)15-11-5-4-10(8-14-11)16-6-2-3-7-16;/h4-5,8-9H,2-3,6-7,13H2,1H3,(H,14,15,17);1H/t9-;/m1./s1. The molecule has 2 heterocycles. The van der Waals surface area contributed by atoms with Crippen LogP contribution in [-0.4, -0.2) is 30.0 Å². The number of anilines is 2. The first-order chi connectivity index (χ1) is 8.16.